The van der Waals surface area contributed by atoms with Gasteiger partial charge in [-0.3, -0.25) is 14.6 Å². The lowest BCUT2D eigenvalue weighted by atomic mass is 9.90. The van der Waals surface area contributed by atoms with Gasteiger partial charge in [-0.1, -0.05) is 61.2 Å². The molecule has 12 nitrogen and oxygen atoms in total. The molecular formula is C39H52Cl2N6O6. The van der Waals surface area contributed by atoms with Crippen LogP contribution in [0.4, 0.5) is 21.0 Å². The van der Waals surface area contributed by atoms with Crippen molar-refractivity contribution in [2.45, 2.75) is 105 Å². The fourth-order valence-electron chi connectivity index (χ4n) is 6.18. The summed E-state index contributed by atoms with van der Waals surface area (Å²) in [5, 5.41) is 9.88. The van der Waals surface area contributed by atoms with Gasteiger partial charge in [0.25, 0.3) is 0 Å². The number of carbonyl (C=O) groups is 3. The average molecular weight is 772 g/mol. The standard InChI is InChI=1S/C39H52Cl2N6O6/c1-10-25-22-46(34-32(40)29(51-8)20-30(52-9)33(34)41)38(50)47(21-24-15-14-16-26(19-24)42-31(48)11-2)36(25)45-35(23(3)4)43-27-17-12-13-18-28(27)44-37(49)53-39(5,6)7/h10,14-16,19-20,27-28,43H,11-13,17-18,21-22H2,1-9H3,(H,42,48)(H,44,49)/b25-10-,45-36?. The van der Waals surface area contributed by atoms with E-state index in [9.17, 15) is 14.4 Å². The van der Waals surface area contributed by atoms with E-state index in [-0.39, 0.29) is 46.8 Å². The van der Waals surface area contributed by atoms with Crippen molar-refractivity contribution < 1.29 is 28.6 Å². The zero-order valence-electron chi connectivity index (χ0n) is 32.1. The zero-order valence-corrected chi connectivity index (χ0v) is 33.6. The maximum absolute atomic E-state index is 14.8. The summed E-state index contributed by atoms with van der Waals surface area (Å²) in [4.78, 5) is 48.1. The number of nitrogens with one attached hydrogen (secondary N) is 3. The number of nitrogens with zero attached hydrogens (tertiary/aromatic N) is 3. The van der Waals surface area contributed by atoms with E-state index >= 15 is 0 Å². The third kappa shape index (κ3) is 10.4. The third-order valence-corrected chi connectivity index (χ3v) is 9.59. The average Bonchev–Trinajstić information content (AvgIpc) is 3.10. The maximum Gasteiger partial charge on any atom is 0.407 e. The smallest absolute Gasteiger partial charge is 0.407 e. The van der Waals surface area contributed by atoms with Gasteiger partial charge in [-0.05, 0) is 77.7 Å². The van der Waals surface area contributed by atoms with Gasteiger partial charge in [-0.2, -0.15) is 0 Å². The lowest BCUT2D eigenvalue weighted by Crippen LogP contribution is -2.54. The van der Waals surface area contributed by atoms with Crippen molar-refractivity contribution in [2.24, 2.45) is 4.99 Å². The summed E-state index contributed by atoms with van der Waals surface area (Å²) in [6, 6.07) is 8.14. The van der Waals surface area contributed by atoms with Crippen LogP contribution in [0.25, 0.3) is 0 Å². The van der Waals surface area contributed by atoms with Crippen LogP contribution in [0.1, 0.15) is 86.1 Å². The number of amides is 4. The molecule has 1 aliphatic heterocycles. The van der Waals surface area contributed by atoms with Crippen LogP contribution in [0, 0.1) is 0 Å². The molecule has 4 amide bonds. The second-order valence-corrected chi connectivity index (χ2v) is 15.0. The molecule has 2 atom stereocenters. The summed E-state index contributed by atoms with van der Waals surface area (Å²) in [5.74, 6) is 1.47. The first-order chi connectivity index (χ1) is 25.1. The summed E-state index contributed by atoms with van der Waals surface area (Å²) in [7, 11) is 2.95. The molecule has 288 valence electrons. The molecule has 0 bridgehead atoms. The number of hydrogen-bond donors (Lipinski definition) is 3. The number of anilines is 2. The summed E-state index contributed by atoms with van der Waals surface area (Å²) < 4.78 is 16.6. The van der Waals surface area contributed by atoms with Gasteiger partial charge >= 0.3 is 12.1 Å². The molecule has 4 rings (SSSR count). The lowest BCUT2D eigenvalue weighted by molar-refractivity contribution is -0.115. The topological polar surface area (TPSA) is 134 Å². The molecule has 1 heterocycles. The minimum Gasteiger partial charge on any atom is -0.495 e. The van der Waals surface area contributed by atoms with Crippen LogP contribution >= 0.6 is 23.2 Å². The molecule has 3 N–H and O–H groups in total. The summed E-state index contributed by atoms with van der Waals surface area (Å²) in [5.41, 5.74) is 2.58. The molecule has 53 heavy (non-hydrogen) atoms. The first-order valence-electron chi connectivity index (χ1n) is 17.9. The number of carbonyl (C=O) groups excluding carboxylic acids is 3. The van der Waals surface area contributed by atoms with Gasteiger partial charge in [-0.15, -0.1) is 0 Å². The van der Waals surface area contributed by atoms with E-state index in [4.69, 9.17) is 42.4 Å². The largest absolute Gasteiger partial charge is 0.495 e. The van der Waals surface area contributed by atoms with Gasteiger partial charge in [0.05, 0.1) is 39.0 Å². The van der Waals surface area contributed by atoms with Gasteiger partial charge in [0.1, 0.15) is 38.8 Å². The fraction of sp³-hybridized carbons (Fsp3) is 0.487. The Bertz CT molecular complexity index is 1750. The van der Waals surface area contributed by atoms with E-state index in [0.29, 0.717) is 35.3 Å². The number of amidine groups is 1. The quantitative estimate of drug-likeness (QED) is 0.208. The van der Waals surface area contributed by atoms with Crippen molar-refractivity contribution in [3.63, 3.8) is 0 Å². The lowest BCUT2D eigenvalue weighted by Gasteiger charge is -2.39. The van der Waals surface area contributed by atoms with E-state index in [1.54, 1.807) is 24.0 Å². The molecule has 2 aromatic rings. The highest BCUT2D eigenvalue weighted by Crippen LogP contribution is 2.47. The van der Waals surface area contributed by atoms with Crippen molar-refractivity contribution >= 4 is 58.4 Å². The second kappa shape index (κ2) is 18.1. The Morgan fingerprint density at radius 3 is 2.17 bits per heavy atom. The Morgan fingerprint density at radius 2 is 1.62 bits per heavy atom. The van der Waals surface area contributed by atoms with Crippen molar-refractivity contribution in [2.75, 3.05) is 31.0 Å². The minimum atomic E-state index is -0.627. The normalized spacial score (nSPS) is 19.2. The number of benzene rings is 2. The van der Waals surface area contributed by atoms with Gasteiger partial charge < -0.3 is 30.2 Å². The van der Waals surface area contributed by atoms with E-state index in [1.807, 2.05) is 65.8 Å². The van der Waals surface area contributed by atoms with E-state index in [1.165, 1.54) is 19.1 Å². The Kier molecular flexibility index (Phi) is 14.1. The van der Waals surface area contributed by atoms with Gasteiger partial charge in [0.2, 0.25) is 5.91 Å². The number of aliphatic imine (C=N–C) groups is 1. The third-order valence-electron chi connectivity index (χ3n) is 8.86. The predicted molar refractivity (Wildman–Crippen MR) is 211 cm³/mol. The second-order valence-electron chi connectivity index (χ2n) is 14.2. The van der Waals surface area contributed by atoms with Crippen LogP contribution < -0.4 is 30.3 Å². The first-order valence-corrected chi connectivity index (χ1v) is 18.6. The zero-order chi connectivity index (χ0) is 39.0. The summed E-state index contributed by atoms with van der Waals surface area (Å²) >= 11 is 13.7. The molecule has 14 heteroatoms. The molecular weight excluding hydrogens is 719 g/mol. The Hall–Kier alpha value is -4.42. The van der Waals surface area contributed by atoms with E-state index in [0.717, 1.165) is 42.4 Å². The highest BCUT2D eigenvalue weighted by Gasteiger charge is 2.38. The molecule has 0 spiro atoms. The number of hydrogen-bond acceptors (Lipinski definition) is 8. The SMILES string of the molecule is C/C=C1/CN(c2c(Cl)c(OC)cc(OC)c2Cl)C(=O)N(Cc2cccc(NC(=O)CC)c2)C1=NC(NC1CCCCC1NC(=O)OC(C)(C)C)=C(C)C. The van der Waals surface area contributed by atoms with E-state index < -0.39 is 17.7 Å². The molecule has 1 aliphatic carbocycles. The molecule has 1 saturated carbocycles. The van der Waals surface area contributed by atoms with Gasteiger partial charge in [0, 0.05) is 29.8 Å². The molecule has 2 aromatic carbocycles. The van der Waals surface area contributed by atoms with Crippen LogP contribution in [0.3, 0.4) is 0 Å². The molecule has 2 aliphatic rings. The van der Waals surface area contributed by atoms with Crippen LogP contribution in [0.15, 0.2) is 58.4 Å². The predicted octanol–water partition coefficient (Wildman–Crippen LogP) is 8.82. The number of allylic oxidation sites excluding steroid dienone is 2. The number of urea groups is 1. The van der Waals surface area contributed by atoms with Crippen LogP contribution in [-0.2, 0) is 16.1 Å². The van der Waals surface area contributed by atoms with Crippen LogP contribution in [0.5, 0.6) is 11.5 Å². The Balaban J connectivity index is 1.81. The maximum atomic E-state index is 14.8. The van der Waals surface area contributed by atoms with Crippen molar-refractivity contribution in [3.05, 3.63) is 69.0 Å². The highest BCUT2D eigenvalue weighted by atomic mass is 35.5. The summed E-state index contributed by atoms with van der Waals surface area (Å²) in [6.45, 7) is 13.3. The highest BCUT2D eigenvalue weighted by molar-refractivity contribution is 6.42. The summed E-state index contributed by atoms with van der Waals surface area (Å²) in [6.07, 6.45) is 5.29. The molecule has 2 unspecified atom stereocenters. The number of rotatable bonds is 11. The number of methoxy groups -OCH3 is 2. The monoisotopic (exact) mass is 770 g/mol. The van der Waals surface area contributed by atoms with Crippen LogP contribution in [0.2, 0.25) is 10.0 Å². The van der Waals surface area contributed by atoms with E-state index in [2.05, 4.69) is 16.0 Å². The van der Waals surface area contributed by atoms with Crippen molar-refractivity contribution in [1.29, 1.82) is 0 Å². The number of ether oxygens (including phenoxy) is 3. The molecule has 2 fully saturated rings. The van der Waals surface area contributed by atoms with Crippen molar-refractivity contribution in [3.8, 4) is 11.5 Å². The Labute approximate surface area is 322 Å². The minimum absolute atomic E-state index is 0.0926. The number of alkyl carbamates (subject to hydrolysis) is 1. The van der Waals surface area contributed by atoms with Crippen LogP contribution in [-0.4, -0.2) is 67.2 Å². The number of halogens is 2. The van der Waals surface area contributed by atoms with Crippen molar-refractivity contribution in [1.82, 2.24) is 15.5 Å². The van der Waals surface area contributed by atoms with Gasteiger partial charge in [-0.25, -0.2) is 14.6 Å². The molecule has 0 aromatic heterocycles. The molecule has 0 radical (unpaired) electrons. The first kappa shape index (κ1) is 41.3. The Morgan fingerprint density at radius 1 is 1.00 bits per heavy atom. The fourth-order valence-corrected chi connectivity index (χ4v) is 6.89. The van der Waals surface area contributed by atoms with Gasteiger partial charge in [0.15, 0.2) is 0 Å². The molecule has 1 saturated heterocycles.